The average molecular weight is 520 g/mol. The van der Waals surface area contributed by atoms with Gasteiger partial charge in [-0.3, -0.25) is 9.78 Å². The fourth-order valence-corrected chi connectivity index (χ4v) is 5.38. The van der Waals surface area contributed by atoms with Crippen molar-refractivity contribution in [1.29, 1.82) is 0 Å². The van der Waals surface area contributed by atoms with Crippen LogP contribution in [0.5, 0.6) is 5.75 Å². The molecule has 1 saturated heterocycles. The summed E-state index contributed by atoms with van der Waals surface area (Å²) in [4.78, 5) is 28.1. The molecule has 37 heavy (non-hydrogen) atoms. The summed E-state index contributed by atoms with van der Waals surface area (Å²) in [6, 6.07) is 3.48. The topological polar surface area (TPSA) is 112 Å². The molecular formula is C27H30ClN7O2. The van der Waals surface area contributed by atoms with E-state index in [0.29, 0.717) is 27.8 Å². The van der Waals surface area contributed by atoms with Crippen molar-refractivity contribution in [2.75, 3.05) is 25.9 Å². The van der Waals surface area contributed by atoms with Crippen LogP contribution >= 0.6 is 11.6 Å². The highest BCUT2D eigenvalue weighted by Gasteiger charge is 2.26. The summed E-state index contributed by atoms with van der Waals surface area (Å²) in [5.41, 5.74) is 11.3. The highest BCUT2D eigenvalue weighted by Crippen LogP contribution is 2.43. The Morgan fingerprint density at radius 1 is 1.14 bits per heavy atom. The Labute approximate surface area is 220 Å². The predicted molar refractivity (Wildman–Crippen MR) is 144 cm³/mol. The molecule has 1 amide bonds. The van der Waals surface area contributed by atoms with Gasteiger partial charge in [0.05, 0.1) is 29.8 Å². The van der Waals surface area contributed by atoms with Crippen molar-refractivity contribution >= 4 is 34.4 Å². The third-order valence-electron chi connectivity index (χ3n) is 7.14. The Morgan fingerprint density at radius 3 is 2.62 bits per heavy atom. The van der Waals surface area contributed by atoms with E-state index in [-0.39, 0.29) is 11.9 Å². The van der Waals surface area contributed by atoms with E-state index in [0.717, 1.165) is 65.7 Å². The maximum Gasteiger partial charge on any atom is 0.255 e. The lowest BCUT2D eigenvalue weighted by Gasteiger charge is -2.27. The molecule has 1 fully saturated rings. The van der Waals surface area contributed by atoms with E-state index >= 15 is 0 Å². The lowest BCUT2D eigenvalue weighted by atomic mass is 9.94. The van der Waals surface area contributed by atoms with Crippen LogP contribution in [-0.2, 0) is 0 Å². The molecule has 192 valence electrons. The minimum atomic E-state index is -0.288. The Morgan fingerprint density at radius 2 is 1.89 bits per heavy atom. The van der Waals surface area contributed by atoms with Gasteiger partial charge in [-0.05, 0) is 57.7 Å². The minimum Gasteiger partial charge on any atom is -0.496 e. The normalized spacial score (nSPS) is 14.7. The second-order valence-corrected chi connectivity index (χ2v) is 9.87. The molecule has 9 nitrogen and oxygen atoms in total. The fourth-order valence-electron chi connectivity index (χ4n) is 5.17. The molecular weight excluding hydrogens is 490 g/mol. The number of rotatable bonds is 5. The molecule has 2 N–H and O–H groups in total. The average Bonchev–Trinajstić information content (AvgIpc) is 3.27. The first kappa shape index (κ1) is 25.0. The summed E-state index contributed by atoms with van der Waals surface area (Å²) >= 11 is 6.78. The number of aromatic nitrogens is 5. The first-order valence-corrected chi connectivity index (χ1v) is 12.8. The summed E-state index contributed by atoms with van der Waals surface area (Å²) in [7, 11) is 1.63. The number of amides is 1. The van der Waals surface area contributed by atoms with E-state index in [1.807, 2.05) is 42.5 Å². The lowest BCUT2D eigenvalue weighted by molar-refractivity contribution is 0.0724. The van der Waals surface area contributed by atoms with Crippen molar-refractivity contribution in [3.8, 4) is 16.9 Å². The minimum absolute atomic E-state index is 0.00273. The molecule has 4 heterocycles. The van der Waals surface area contributed by atoms with Crippen molar-refractivity contribution in [3.63, 3.8) is 0 Å². The second-order valence-electron chi connectivity index (χ2n) is 9.46. The number of fused-ring (bicyclic) bond motifs is 1. The molecule has 0 radical (unpaired) electrons. The number of nitrogen functional groups attached to an aromatic ring is 1. The number of carbonyl (C=O) groups is 1. The number of carbonyl (C=O) groups excluding carboxylic acids is 1. The molecule has 0 saturated carbocycles. The highest BCUT2D eigenvalue weighted by atomic mass is 35.5. The van der Waals surface area contributed by atoms with E-state index in [1.54, 1.807) is 19.5 Å². The van der Waals surface area contributed by atoms with Crippen LogP contribution in [0.4, 0.5) is 5.82 Å². The molecule has 0 spiro atoms. The van der Waals surface area contributed by atoms with Gasteiger partial charge < -0.3 is 15.4 Å². The zero-order chi connectivity index (χ0) is 26.3. The van der Waals surface area contributed by atoms with Gasteiger partial charge >= 0.3 is 0 Å². The van der Waals surface area contributed by atoms with Crippen molar-refractivity contribution < 1.29 is 9.53 Å². The number of pyridine rings is 1. The summed E-state index contributed by atoms with van der Waals surface area (Å²) < 4.78 is 7.80. The van der Waals surface area contributed by atoms with Crippen LogP contribution in [-0.4, -0.2) is 55.7 Å². The van der Waals surface area contributed by atoms with Gasteiger partial charge in [-0.25, -0.2) is 14.6 Å². The number of benzene rings is 1. The molecule has 1 aliphatic rings. The molecule has 4 aromatic rings. The molecule has 10 heteroatoms. The SMILES string of the molecule is COc1c(C(C)n2nc(C)c3c(N)ncnc32)cc(Cl)c(C)c1-c1cncc(C(=O)N2CCCCC2)c1. The maximum absolute atomic E-state index is 13.2. The van der Waals surface area contributed by atoms with Gasteiger partial charge in [0.1, 0.15) is 17.9 Å². The molecule has 1 unspecified atom stereocenters. The predicted octanol–water partition coefficient (Wildman–Crippen LogP) is 4.98. The zero-order valence-electron chi connectivity index (χ0n) is 21.5. The number of anilines is 1. The van der Waals surface area contributed by atoms with Gasteiger partial charge in [0.2, 0.25) is 0 Å². The van der Waals surface area contributed by atoms with Crippen LogP contribution in [0, 0.1) is 13.8 Å². The maximum atomic E-state index is 13.2. The number of nitrogens with zero attached hydrogens (tertiary/aromatic N) is 6. The molecule has 1 aliphatic heterocycles. The number of likely N-dealkylation sites (tertiary alicyclic amines) is 1. The number of nitrogens with two attached hydrogens (primary N) is 1. The summed E-state index contributed by atoms with van der Waals surface area (Å²) in [6.45, 7) is 7.37. The van der Waals surface area contributed by atoms with Crippen LogP contribution in [0.25, 0.3) is 22.2 Å². The van der Waals surface area contributed by atoms with Gasteiger partial charge in [-0.2, -0.15) is 5.10 Å². The van der Waals surface area contributed by atoms with Crippen LogP contribution in [0.3, 0.4) is 0 Å². The quantitative estimate of drug-likeness (QED) is 0.395. The largest absolute Gasteiger partial charge is 0.496 e. The molecule has 0 aliphatic carbocycles. The van der Waals surface area contributed by atoms with Crippen LogP contribution in [0.15, 0.2) is 30.9 Å². The smallest absolute Gasteiger partial charge is 0.255 e. The van der Waals surface area contributed by atoms with Gasteiger partial charge in [0.25, 0.3) is 5.91 Å². The van der Waals surface area contributed by atoms with Gasteiger partial charge in [0, 0.05) is 47.2 Å². The summed E-state index contributed by atoms with van der Waals surface area (Å²) in [5.74, 6) is 1.02. The Hall–Kier alpha value is -3.72. The van der Waals surface area contributed by atoms with Crippen LogP contribution < -0.4 is 10.5 Å². The van der Waals surface area contributed by atoms with Crippen LogP contribution in [0.1, 0.15) is 59.4 Å². The van der Waals surface area contributed by atoms with Crippen molar-refractivity contribution in [2.45, 2.75) is 46.1 Å². The van der Waals surface area contributed by atoms with Crippen molar-refractivity contribution in [2.24, 2.45) is 0 Å². The Kier molecular flexibility index (Phi) is 6.72. The number of methoxy groups -OCH3 is 1. The van der Waals surface area contributed by atoms with E-state index in [9.17, 15) is 4.79 Å². The second kappa shape index (κ2) is 9.97. The third kappa shape index (κ3) is 4.37. The Bertz CT molecular complexity index is 1490. The lowest BCUT2D eigenvalue weighted by Crippen LogP contribution is -2.35. The molecule has 1 aromatic carbocycles. The van der Waals surface area contributed by atoms with Crippen LogP contribution in [0.2, 0.25) is 5.02 Å². The summed E-state index contributed by atoms with van der Waals surface area (Å²) in [6.07, 6.45) is 8.01. The van der Waals surface area contributed by atoms with Crippen molar-refractivity contribution in [3.05, 3.63) is 58.3 Å². The number of hydrogen-bond donors (Lipinski definition) is 1. The highest BCUT2D eigenvalue weighted by molar-refractivity contribution is 6.32. The fraction of sp³-hybridized carbons (Fsp3) is 0.370. The number of aryl methyl sites for hydroxylation is 1. The number of ether oxygens (including phenoxy) is 1. The first-order chi connectivity index (χ1) is 17.8. The monoisotopic (exact) mass is 519 g/mol. The van der Waals surface area contributed by atoms with E-state index in [4.69, 9.17) is 27.2 Å². The molecule has 3 aromatic heterocycles. The third-order valence-corrected chi connectivity index (χ3v) is 7.53. The zero-order valence-corrected chi connectivity index (χ0v) is 22.2. The number of hydrogen-bond acceptors (Lipinski definition) is 7. The van der Waals surface area contributed by atoms with Gasteiger partial charge in [-0.15, -0.1) is 0 Å². The Balaban J connectivity index is 1.63. The molecule has 1 atom stereocenters. The number of piperidine rings is 1. The number of halogens is 1. The first-order valence-electron chi connectivity index (χ1n) is 12.4. The standard InChI is InChI=1S/C27H30ClN7O2/c1-15-21(28)11-20(17(3)35-26-23(16(2)33-35)25(29)31-14-32-26)24(37-4)22(15)18-10-19(13-30-12-18)27(36)34-8-6-5-7-9-34/h10-14,17H,5-9H2,1-4H3,(H2,29,31,32). The summed E-state index contributed by atoms with van der Waals surface area (Å²) in [5, 5.41) is 6.02. The molecule has 0 bridgehead atoms. The molecule has 5 rings (SSSR count). The van der Waals surface area contributed by atoms with E-state index < -0.39 is 0 Å². The van der Waals surface area contributed by atoms with Crippen molar-refractivity contribution in [1.82, 2.24) is 29.6 Å². The van der Waals surface area contributed by atoms with Gasteiger partial charge in [-0.1, -0.05) is 11.6 Å². The van der Waals surface area contributed by atoms with E-state index in [2.05, 4.69) is 15.0 Å². The van der Waals surface area contributed by atoms with Gasteiger partial charge in [0.15, 0.2) is 5.65 Å². The van der Waals surface area contributed by atoms with E-state index in [1.165, 1.54) is 6.33 Å².